The van der Waals surface area contributed by atoms with Crippen LogP contribution in [0.1, 0.15) is 46.9 Å². The topological polar surface area (TPSA) is 137 Å². The molecule has 4 heterocycles. The van der Waals surface area contributed by atoms with Crippen LogP contribution < -0.4 is 25.8 Å². The van der Waals surface area contributed by atoms with Gasteiger partial charge >= 0.3 is 6.18 Å². The van der Waals surface area contributed by atoms with Crippen molar-refractivity contribution in [2.75, 3.05) is 43.9 Å². The maximum atomic E-state index is 14.3. The molecule has 1 aromatic heterocycles. The number of nitrogens with one attached hydrogen (secondary N) is 1. The van der Waals surface area contributed by atoms with E-state index in [1.165, 1.54) is 18.2 Å². The van der Waals surface area contributed by atoms with Gasteiger partial charge in [0.25, 0.3) is 5.91 Å². The van der Waals surface area contributed by atoms with Crippen LogP contribution in [-0.4, -0.2) is 72.2 Å². The van der Waals surface area contributed by atoms with Gasteiger partial charge in [0.2, 0.25) is 17.9 Å². The Morgan fingerprint density at radius 3 is 2.45 bits per heavy atom. The second-order valence-electron chi connectivity index (χ2n) is 11.9. The van der Waals surface area contributed by atoms with Gasteiger partial charge in [0, 0.05) is 56.5 Å². The third-order valence-corrected chi connectivity index (χ3v) is 8.98. The molecule has 13 heteroatoms. The number of aromatic nitrogens is 2. The highest BCUT2D eigenvalue weighted by Gasteiger charge is 2.44. The molecule has 1 spiro atoms. The number of piperidine rings is 1. The monoisotopic (exact) mass is 609 g/mol. The average molecular weight is 610 g/mol. The van der Waals surface area contributed by atoms with Crippen LogP contribution >= 0.6 is 0 Å². The molecule has 0 bridgehead atoms. The van der Waals surface area contributed by atoms with Crippen LogP contribution in [0.15, 0.2) is 48.5 Å². The number of carbonyl (C=O) groups is 2. The van der Waals surface area contributed by atoms with Crippen molar-refractivity contribution in [3.8, 4) is 17.0 Å². The van der Waals surface area contributed by atoms with Crippen molar-refractivity contribution in [3.63, 3.8) is 0 Å². The van der Waals surface area contributed by atoms with E-state index in [2.05, 4.69) is 15.3 Å². The van der Waals surface area contributed by atoms with Crippen molar-refractivity contribution in [2.24, 2.45) is 5.41 Å². The maximum absolute atomic E-state index is 14.3. The van der Waals surface area contributed by atoms with Gasteiger partial charge in [-0.2, -0.15) is 23.1 Å². The fourth-order valence-electron chi connectivity index (χ4n) is 6.41. The molecule has 6 rings (SSSR count). The number of halogens is 3. The van der Waals surface area contributed by atoms with Crippen molar-refractivity contribution in [3.05, 3.63) is 65.2 Å². The highest BCUT2D eigenvalue weighted by atomic mass is 19.4. The fraction of sp³-hybridized carbons (Fsp3) is 0.419. The van der Waals surface area contributed by atoms with Crippen molar-refractivity contribution in [1.29, 1.82) is 0 Å². The van der Waals surface area contributed by atoms with Gasteiger partial charge in [-0.05, 0) is 53.9 Å². The molecule has 2 saturated heterocycles. The first kappa shape index (κ1) is 29.7. The van der Waals surface area contributed by atoms with E-state index in [1.807, 2.05) is 11.0 Å². The largest absolute Gasteiger partial charge is 0.548 e. The van der Waals surface area contributed by atoms with Crippen LogP contribution in [0.5, 0.6) is 5.88 Å². The Labute approximate surface area is 252 Å². The number of likely N-dealkylation sites (N-methyl/N-ethyl adjacent to an activating group) is 1. The maximum Gasteiger partial charge on any atom is 0.429 e. The zero-order chi connectivity index (χ0) is 31.2. The molecule has 2 fully saturated rings. The van der Waals surface area contributed by atoms with E-state index in [0.717, 1.165) is 11.1 Å². The summed E-state index contributed by atoms with van der Waals surface area (Å²) >= 11 is 0. The lowest BCUT2D eigenvalue weighted by Gasteiger charge is -2.39. The molecular formula is C31H32F3N6O4-. The SMILES string of the molecule is CN1CCc2cc(-c3ccc([C@@H](Oc4cc(N5CCC6(CC5)CNC(C(=O)[O-])C6)nc(N)n4)C(F)(F)F)cc3)ccc2C1=O. The smallest absolute Gasteiger partial charge is 0.429 e. The summed E-state index contributed by atoms with van der Waals surface area (Å²) in [5.41, 5.74) is 8.67. The van der Waals surface area contributed by atoms with E-state index >= 15 is 0 Å². The number of carbonyl (C=O) groups excluding carboxylic acids is 2. The minimum absolute atomic E-state index is 0.0474. The third-order valence-electron chi connectivity index (χ3n) is 8.98. The number of hydrogen-bond acceptors (Lipinski definition) is 9. The summed E-state index contributed by atoms with van der Waals surface area (Å²) in [5, 5.41) is 14.3. The molecule has 10 nitrogen and oxygen atoms in total. The zero-order valence-electron chi connectivity index (χ0n) is 24.1. The van der Waals surface area contributed by atoms with Gasteiger partial charge in [0.15, 0.2) is 0 Å². The summed E-state index contributed by atoms with van der Waals surface area (Å²) in [4.78, 5) is 35.4. The number of carboxylic acid groups (broad SMARTS) is 1. The minimum Gasteiger partial charge on any atom is -0.548 e. The summed E-state index contributed by atoms with van der Waals surface area (Å²) in [7, 11) is 1.75. The molecule has 3 aromatic rings. The number of alkyl halides is 3. The van der Waals surface area contributed by atoms with Crippen LogP contribution in [-0.2, 0) is 11.2 Å². The highest BCUT2D eigenvalue weighted by molar-refractivity contribution is 5.97. The molecule has 2 aromatic carbocycles. The summed E-state index contributed by atoms with van der Waals surface area (Å²) in [6.45, 7) is 2.22. The number of nitrogens with two attached hydrogens (primary N) is 1. The number of ether oxygens (including phenoxy) is 1. The Morgan fingerprint density at radius 2 is 1.80 bits per heavy atom. The van der Waals surface area contributed by atoms with Gasteiger partial charge in [-0.15, -0.1) is 0 Å². The molecule has 3 N–H and O–H groups in total. The first-order valence-electron chi connectivity index (χ1n) is 14.5. The van der Waals surface area contributed by atoms with Gasteiger partial charge in [0.1, 0.15) is 5.82 Å². The van der Waals surface area contributed by atoms with Gasteiger partial charge in [-0.25, -0.2) is 0 Å². The number of anilines is 2. The van der Waals surface area contributed by atoms with Crippen LogP contribution in [0.4, 0.5) is 24.9 Å². The number of rotatable bonds is 6. The third kappa shape index (κ3) is 5.88. The van der Waals surface area contributed by atoms with Crippen LogP contribution in [0.25, 0.3) is 11.1 Å². The predicted octanol–water partition coefficient (Wildman–Crippen LogP) is 2.73. The molecular weight excluding hydrogens is 577 g/mol. The normalized spacial score (nSPS) is 20.5. The Hall–Kier alpha value is -4.39. The zero-order valence-corrected chi connectivity index (χ0v) is 24.1. The molecule has 0 aliphatic carbocycles. The lowest BCUT2D eigenvalue weighted by molar-refractivity contribution is -0.308. The summed E-state index contributed by atoms with van der Waals surface area (Å²) < 4.78 is 48.3. The number of benzene rings is 2. The number of fused-ring (bicyclic) bond motifs is 1. The molecule has 44 heavy (non-hydrogen) atoms. The Kier molecular flexibility index (Phi) is 7.60. The lowest BCUT2D eigenvalue weighted by atomic mass is 9.76. The van der Waals surface area contributed by atoms with Crippen molar-refractivity contribution >= 4 is 23.6 Å². The van der Waals surface area contributed by atoms with Crippen molar-refractivity contribution < 1.29 is 32.6 Å². The average Bonchev–Trinajstić information content (AvgIpc) is 3.41. The Bertz CT molecular complexity index is 1570. The van der Waals surface area contributed by atoms with E-state index in [1.54, 1.807) is 36.2 Å². The van der Waals surface area contributed by atoms with Crippen LogP contribution in [0.3, 0.4) is 0 Å². The molecule has 232 valence electrons. The number of nitrogen functional groups attached to an aromatic ring is 1. The molecule has 2 atom stereocenters. The predicted molar refractivity (Wildman–Crippen MR) is 154 cm³/mol. The molecule has 3 aliphatic heterocycles. The Balaban J connectivity index is 1.18. The number of aliphatic carboxylic acids is 1. The first-order chi connectivity index (χ1) is 20.9. The minimum atomic E-state index is -4.75. The molecule has 0 saturated carbocycles. The van der Waals surface area contributed by atoms with Gasteiger partial charge in [0.05, 0.1) is 5.97 Å². The van der Waals surface area contributed by atoms with Gasteiger partial charge in [-0.1, -0.05) is 36.4 Å². The van der Waals surface area contributed by atoms with E-state index in [4.69, 9.17) is 10.5 Å². The summed E-state index contributed by atoms with van der Waals surface area (Å²) in [6, 6.07) is 12.1. The van der Waals surface area contributed by atoms with Gasteiger partial charge < -0.3 is 35.5 Å². The fourth-order valence-corrected chi connectivity index (χ4v) is 6.41. The van der Waals surface area contributed by atoms with E-state index in [0.29, 0.717) is 68.8 Å². The Morgan fingerprint density at radius 1 is 1.09 bits per heavy atom. The van der Waals surface area contributed by atoms with Crippen LogP contribution in [0.2, 0.25) is 0 Å². The molecule has 1 amide bonds. The second-order valence-corrected chi connectivity index (χ2v) is 11.9. The van der Waals surface area contributed by atoms with Crippen LogP contribution in [0, 0.1) is 5.41 Å². The highest BCUT2D eigenvalue weighted by Crippen LogP contribution is 2.41. The number of carboxylic acids is 1. The quantitative estimate of drug-likeness (QED) is 0.432. The number of amides is 1. The summed E-state index contributed by atoms with van der Waals surface area (Å²) in [5.74, 6) is -1.34. The first-order valence-corrected chi connectivity index (χ1v) is 14.5. The van der Waals surface area contributed by atoms with Gasteiger partial charge in [-0.3, -0.25) is 4.79 Å². The van der Waals surface area contributed by atoms with E-state index in [9.17, 15) is 27.9 Å². The number of hydrogen-bond donors (Lipinski definition) is 2. The van der Waals surface area contributed by atoms with E-state index in [-0.39, 0.29) is 28.7 Å². The molecule has 3 aliphatic rings. The summed E-state index contributed by atoms with van der Waals surface area (Å²) in [6.07, 6.45) is -4.51. The molecule has 1 unspecified atom stereocenters. The van der Waals surface area contributed by atoms with Crippen molar-refractivity contribution in [1.82, 2.24) is 20.2 Å². The van der Waals surface area contributed by atoms with Crippen molar-refractivity contribution in [2.45, 2.75) is 44.0 Å². The van der Waals surface area contributed by atoms with E-state index < -0.39 is 24.3 Å². The second kappa shape index (κ2) is 11.3. The number of nitrogens with zero attached hydrogens (tertiary/aromatic N) is 4. The lowest BCUT2D eigenvalue weighted by Crippen LogP contribution is -2.42. The molecule has 0 radical (unpaired) electrons. The standard InChI is InChI=1S/C31H33F3N6O4/c1-39-11-8-21-14-20(6-7-22(21)27(39)41)18-2-4-19(5-3-18)26(31(32,33)34)44-25-15-24(37-29(35)38-25)40-12-9-30(10-13-40)16-23(28(42)43)36-17-30/h2-7,14-15,23,26,36H,8-13,16-17H2,1H3,(H,42,43)(H2,35,37,38)/p-1/t23?,26-/m1/s1.